The molecule has 0 fully saturated rings. The molecule has 8 nitrogen and oxygen atoms in total. The van der Waals surface area contributed by atoms with E-state index >= 15 is 0 Å². The highest BCUT2D eigenvalue weighted by molar-refractivity contribution is 7.89. The van der Waals surface area contributed by atoms with Crippen molar-refractivity contribution in [2.45, 2.75) is 23.9 Å². The molecule has 1 aromatic heterocycles. The maximum Gasteiger partial charge on any atom is 0.324 e. The second kappa shape index (κ2) is 6.25. The zero-order valence-electron chi connectivity index (χ0n) is 13.2. The van der Waals surface area contributed by atoms with Crippen LogP contribution >= 0.6 is 0 Å². The van der Waals surface area contributed by atoms with Crippen LogP contribution in [0, 0.1) is 0 Å². The molecule has 1 N–H and O–H groups in total. The van der Waals surface area contributed by atoms with Crippen molar-refractivity contribution in [3.05, 3.63) is 42.0 Å². The topological polar surface area (TPSA) is 102 Å². The number of methoxy groups -OCH3 is 2. The molecule has 0 aliphatic carbocycles. The molecule has 1 atom stereocenters. The van der Waals surface area contributed by atoms with Gasteiger partial charge in [0.15, 0.2) is 0 Å². The normalized spacial score (nSPS) is 18.0. The number of H-pyrrole nitrogens is 1. The second-order valence-corrected chi connectivity index (χ2v) is 7.19. The number of carbonyl (C=O) groups excluding carboxylic acids is 1. The van der Waals surface area contributed by atoms with Crippen molar-refractivity contribution in [1.29, 1.82) is 0 Å². The lowest BCUT2D eigenvalue weighted by atomic mass is 10.1. The number of aromatic nitrogens is 2. The molecule has 24 heavy (non-hydrogen) atoms. The third-order valence-electron chi connectivity index (χ3n) is 4.00. The Morgan fingerprint density at radius 2 is 2.00 bits per heavy atom. The number of rotatable bonds is 4. The number of nitrogens with one attached hydrogen (secondary N) is 1. The minimum atomic E-state index is -3.88. The van der Waals surface area contributed by atoms with Crippen molar-refractivity contribution >= 4 is 16.0 Å². The standard InChI is InChI=1S/C15H17N3O5S/c1-22-10-3-5-11(6-4-10)24(20,21)18-8-13-12(16-9-17-13)7-14(18)15(19)23-2/h3-6,9,14H,7-8H2,1-2H3,(H,16,17). The molecule has 9 heteroatoms. The van der Waals surface area contributed by atoms with E-state index in [1.165, 1.54) is 32.7 Å². The highest BCUT2D eigenvalue weighted by Crippen LogP contribution is 2.28. The molecule has 1 aromatic carbocycles. The number of sulfonamides is 1. The number of fused-ring (bicyclic) bond motifs is 1. The van der Waals surface area contributed by atoms with Crippen molar-refractivity contribution in [3.63, 3.8) is 0 Å². The van der Waals surface area contributed by atoms with E-state index in [0.717, 1.165) is 4.31 Å². The van der Waals surface area contributed by atoms with Gasteiger partial charge in [-0.25, -0.2) is 13.4 Å². The summed E-state index contributed by atoms with van der Waals surface area (Å²) >= 11 is 0. The van der Waals surface area contributed by atoms with Crippen LogP contribution in [0.2, 0.25) is 0 Å². The summed E-state index contributed by atoms with van der Waals surface area (Å²) in [5.41, 5.74) is 1.35. The molecule has 0 bridgehead atoms. The molecule has 128 valence electrons. The summed E-state index contributed by atoms with van der Waals surface area (Å²) in [5.74, 6) is -0.0614. The third kappa shape index (κ3) is 2.76. The number of ether oxygens (including phenoxy) is 2. The van der Waals surface area contributed by atoms with Crippen LogP contribution in [0.5, 0.6) is 5.75 Å². The molecule has 0 spiro atoms. The Labute approximate surface area is 139 Å². The minimum absolute atomic E-state index is 0.0312. The number of aromatic amines is 1. The Bertz CT molecular complexity index is 844. The molecule has 0 amide bonds. The van der Waals surface area contributed by atoms with Gasteiger partial charge < -0.3 is 14.5 Å². The number of benzene rings is 1. The SMILES string of the molecule is COC(=O)C1Cc2nc[nH]c2CN1S(=O)(=O)c1ccc(OC)cc1. The van der Waals surface area contributed by atoms with E-state index in [4.69, 9.17) is 9.47 Å². The van der Waals surface area contributed by atoms with E-state index in [9.17, 15) is 13.2 Å². The van der Waals surface area contributed by atoms with Crippen LogP contribution in [-0.4, -0.2) is 48.9 Å². The van der Waals surface area contributed by atoms with Crippen LogP contribution in [0.15, 0.2) is 35.5 Å². The molecule has 2 heterocycles. The monoisotopic (exact) mass is 351 g/mol. The molecule has 0 radical (unpaired) electrons. The Morgan fingerprint density at radius 3 is 2.62 bits per heavy atom. The molecule has 0 saturated heterocycles. The van der Waals surface area contributed by atoms with Gasteiger partial charge in [-0.15, -0.1) is 0 Å². The average Bonchev–Trinajstić information content (AvgIpc) is 3.07. The molecular formula is C15H17N3O5S. The smallest absolute Gasteiger partial charge is 0.324 e. The lowest BCUT2D eigenvalue weighted by molar-refractivity contribution is -0.145. The van der Waals surface area contributed by atoms with Crippen LogP contribution in [-0.2, 0) is 32.5 Å². The van der Waals surface area contributed by atoms with Crippen LogP contribution in [0.25, 0.3) is 0 Å². The first-order chi connectivity index (χ1) is 11.5. The number of esters is 1. The summed E-state index contributed by atoms with van der Waals surface area (Å²) in [4.78, 5) is 19.2. The lowest BCUT2D eigenvalue weighted by Crippen LogP contribution is -2.49. The van der Waals surface area contributed by atoms with E-state index in [1.54, 1.807) is 12.1 Å². The highest BCUT2D eigenvalue weighted by atomic mass is 32.2. The molecule has 1 aliphatic heterocycles. The first-order valence-electron chi connectivity index (χ1n) is 7.22. The van der Waals surface area contributed by atoms with E-state index in [-0.39, 0.29) is 17.9 Å². The number of hydrogen-bond donors (Lipinski definition) is 1. The van der Waals surface area contributed by atoms with Crippen LogP contribution < -0.4 is 4.74 Å². The summed E-state index contributed by atoms with van der Waals surface area (Å²) in [6, 6.07) is 5.07. The van der Waals surface area contributed by atoms with Gasteiger partial charge in [-0.05, 0) is 24.3 Å². The van der Waals surface area contributed by atoms with Crippen molar-refractivity contribution in [3.8, 4) is 5.75 Å². The van der Waals surface area contributed by atoms with Gasteiger partial charge in [-0.2, -0.15) is 4.31 Å². The van der Waals surface area contributed by atoms with E-state index in [0.29, 0.717) is 17.1 Å². The Kier molecular flexibility index (Phi) is 4.29. The van der Waals surface area contributed by atoms with Crippen molar-refractivity contribution < 1.29 is 22.7 Å². The summed E-state index contributed by atoms with van der Waals surface area (Å²) in [6.07, 6.45) is 1.66. The quantitative estimate of drug-likeness (QED) is 0.814. The summed E-state index contributed by atoms with van der Waals surface area (Å²) in [5, 5.41) is 0. The predicted octanol–water partition coefficient (Wildman–Crippen LogP) is 0.707. The fraction of sp³-hybridized carbons (Fsp3) is 0.333. The Hall–Kier alpha value is -2.39. The fourth-order valence-corrected chi connectivity index (χ4v) is 4.23. The van der Waals surface area contributed by atoms with Gasteiger partial charge in [-0.3, -0.25) is 4.79 Å². The highest BCUT2D eigenvalue weighted by Gasteiger charge is 2.41. The first-order valence-corrected chi connectivity index (χ1v) is 8.66. The van der Waals surface area contributed by atoms with Crippen molar-refractivity contribution in [2.75, 3.05) is 14.2 Å². The fourth-order valence-electron chi connectivity index (χ4n) is 2.69. The van der Waals surface area contributed by atoms with E-state index in [2.05, 4.69) is 9.97 Å². The van der Waals surface area contributed by atoms with Crippen molar-refractivity contribution in [2.24, 2.45) is 0 Å². The van der Waals surface area contributed by atoms with Crippen LogP contribution in [0.4, 0.5) is 0 Å². The summed E-state index contributed by atoms with van der Waals surface area (Å²) < 4.78 is 36.9. The number of hydrogen-bond acceptors (Lipinski definition) is 6. The van der Waals surface area contributed by atoms with Gasteiger partial charge in [-0.1, -0.05) is 0 Å². The molecule has 3 rings (SSSR count). The second-order valence-electron chi connectivity index (χ2n) is 5.30. The number of imidazole rings is 1. The Balaban J connectivity index is 2.01. The van der Waals surface area contributed by atoms with Gasteiger partial charge in [0.1, 0.15) is 11.8 Å². The number of carbonyl (C=O) groups is 1. The van der Waals surface area contributed by atoms with E-state index in [1.807, 2.05) is 0 Å². The van der Waals surface area contributed by atoms with Crippen LogP contribution in [0.1, 0.15) is 11.4 Å². The minimum Gasteiger partial charge on any atom is -0.497 e. The van der Waals surface area contributed by atoms with Gasteiger partial charge in [0.05, 0.1) is 43.4 Å². The molecule has 1 aliphatic rings. The summed E-state index contributed by atoms with van der Waals surface area (Å²) in [6.45, 7) is 0.0312. The maximum absolute atomic E-state index is 13.0. The van der Waals surface area contributed by atoms with Crippen LogP contribution in [0.3, 0.4) is 0 Å². The maximum atomic E-state index is 13.0. The molecule has 2 aromatic rings. The zero-order valence-corrected chi connectivity index (χ0v) is 14.0. The van der Waals surface area contributed by atoms with Gasteiger partial charge >= 0.3 is 5.97 Å². The van der Waals surface area contributed by atoms with Gasteiger partial charge in [0, 0.05) is 6.42 Å². The molecule has 0 saturated carbocycles. The predicted molar refractivity (Wildman–Crippen MR) is 83.8 cm³/mol. The van der Waals surface area contributed by atoms with E-state index < -0.39 is 22.0 Å². The summed E-state index contributed by atoms with van der Waals surface area (Å²) in [7, 11) is -1.14. The van der Waals surface area contributed by atoms with Gasteiger partial charge in [0.25, 0.3) is 0 Å². The van der Waals surface area contributed by atoms with Crippen molar-refractivity contribution in [1.82, 2.24) is 14.3 Å². The third-order valence-corrected chi connectivity index (χ3v) is 5.86. The molecule has 1 unspecified atom stereocenters. The first kappa shape index (κ1) is 16.5. The average molecular weight is 351 g/mol. The Morgan fingerprint density at radius 1 is 1.29 bits per heavy atom. The number of nitrogens with zero attached hydrogens (tertiary/aromatic N) is 2. The van der Waals surface area contributed by atoms with Gasteiger partial charge in [0.2, 0.25) is 10.0 Å². The zero-order chi connectivity index (χ0) is 17.3. The largest absolute Gasteiger partial charge is 0.497 e. The molecular weight excluding hydrogens is 334 g/mol. The lowest BCUT2D eigenvalue weighted by Gasteiger charge is -2.32.